The Labute approximate surface area is 116 Å². The lowest BCUT2D eigenvalue weighted by atomic mass is 10.1. The number of halogens is 1. The molecule has 18 heavy (non-hydrogen) atoms. The minimum Gasteiger partial charge on any atom is -0.497 e. The highest BCUT2D eigenvalue weighted by Gasteiger charge is 2.23. The molecule has 0 radical (unpaired) electrons. The van der Waals surface area contributed by atoms with E-state index >= 15 is 0 Å². The van der Waals surface area contributed by atoms with Crippen molar-refractivity contribution in [1.29, 1.82) is 0 Å². The average Bonchev–Trinajstić information content (AvgIpc) is 2.40. The van der Waals surface area contributed by atoms with Gasteiger partial charge in [-0.15, -0.1) is 0 Å². The Kier molecular flexibility index (Phi) is 6.15. The van der Waals surface area contributed by atoms with Gasteiger partial charge in [-0.25, -0.2) is 4.79 Å². The van der Waals surface area contributed by atoms with Gasteiger partial charge in [0.15, 0.2) is 0 Å². The van der Waals surface area contributed by atoms with Crippen molar-refractivity contribution in [2.24, 2.45) is 0 Å². The number of carbonyl (C=O) groups is 1. The van der Waals surface area contributed by atoms with E-state index in [0.29, 0.717) is 5.75 Å². The third-order valence-corrected chi connectivity index (χ3v) is 3.27. The van der Waals surface area contributed by atoms with E-state index in [9.17, 15) is 4.79 Å². The second-order valence-corrected chi connectivity index (χ2v) is 4.65. The summed E-state index contributed by atoms with van der Waals surface area (Å²) in [5, 5.41) is 3.17. The third kappa shape index (κ3) is 3.71. The van der Waals surface area contributed by atoms with Crippen LogP contribution in [0.5, 0.6) is 5.75 Å². The van der Waals surface area contributed by atoms with Gasteiger partial charge in [0.05, 0.1) is 14.2 Å². The van der Waals surface area contributed by atoms with Crippen LogP contribution in [0.4, 0.5) is 0 Å². The summed E-state index contributed by atoms with van der Waals surface area (Å²) in [6.45, 7) is 2.78. The molecular weight excluding hydrogens is 298 g/mol. The van der Waals surface area contributed by atoms with Gasteiger partial charge in [-0.1, -0.05) is 22.9 Å². The molecule has 0 spiro atoms. The van der Waals surface area contributed by atoms with Crippen LogP contribution in [0.15, 0.2) is 22.7 Å². The van der Waals surface area contributed by atoms with Crippen molar-refractivity contribution in [2.45, 2.75) is 19.4 Å². The standard InChI is InChI=1S/C13H18BrNO3/c1-4-7-15-12(13(16)18-3)10-8-9(17-2)5-6-11(10)14/h5-6,8,12,15H,4,7H2,1-3H3. The molecule has 100 valence electrons. The smallest absolute Gasteiger partial charge is 0.327 e. The summed E-state index contributed by atoms with van der Waals surface area (Å²) in [4.78, 5) is 11.8. The Morgan fingerprint density at radius 3 is 2.72 bits per heavy atom. The van der Waals surface area contributed by atoms with Crippen molar-refractivity contribution in [3.05, 3.63) is 28.2 Å². The van der Waals surface area contributed by atoms with Gasteiger partial charge in [-0.05, 0) is 36.7 Å². The summed E-state index contributed by atoms with van der Waals surface area (Å²) >= 11 is 3.45. The number of carbonyl (C=O) groups excluding carboxylic acids is 1. The first-order valence-corrected chi connectivity index (χ1v) is 6.58. The molecule has 0 fully saturated rings. The second-order valence-electron chi connectivity index (χ2n) is 3.80. The van der Waals surface area contributed by atoms with E-state index in [-0.39, 0.29) is 5.97 Å². The van der Waals surface area contributed by atoms with E-state index in [1.807, 2.05) is 25.1 Å². The summed E-state index contributed by atoms with van der Waals surface area (Å²) in [7, 11) is 2.98. The highest BCUT2D eigenvalue weighted by Crippen LogP contribution is 2.28. The Bertz CT molecular complexity index is 409. The molecule has 1 aromatic rings. The molecule has 0 aliphatic heterocycles. The van der Waals surface area contributed by atoms with E-state index in [4.69, 9.17) is 9.47 Å². The van der Waals surface area contributed by atoms with Crippen LogP contribution >= 0.6 is 15.9 Å². The first-order chi connectivity index (χ1) is 8.63. The van der Waals surface area contributed by atoms with Gasteiger partial charge >= 0.3 is 5.97 Å². The van der Waals surface area contributed by atoms with Crippen molar-refractivity contribution in [1.82, 2.24) is 5.32 Å². The number of hydrogen-bond acceptors (Lipinski definition) is 4. The van der Waals surface area contributed by atoms with Crippen LogP contribution in [0.3, 0.4) is 0 Å². The Morgan fingerprint density at radius 1 is 1.44 bits per heavy atom. The highest BCUT2D eigenvalue weighted by atomic mass is 79.9. The van der Waals surface area contributed by atoms with Crippen molar-refractivity contribution < 1.29 is 14.3 Å². The number of hydrogen-bond donors (Lipinski definition) is 1. The number of nitrogens with one attached hydrogen (secondary N) is 1. The van der Waals surface area contributed by atoms with Gasteiger partial charge in [0.2, 0.25) is 0 Å². The molecule has 0 saturated carbocycles. The van der Waals surface area contributed by atoms with Crippen molar-refractivity contribution in [3.8, 4) is 5.75 Å². The maximum Gasteiger partial charge on any atom is 0.327 e. The van der Waals surface area contributed by atoms with E-state index < -0.39 is 6.04 Å². The van der Waals surface area contributed by atoms with E-state index in [1.165, 1.54) is 7.11 Å². The summed E-state index contributed by atoms with van der Waals surface area (Å²) in [5.74, 6) is 0.401. The topological polar surface area (TPSA) is 47.6 Å². The van der Waals surface area contributed by atoms with E-state index in [0.717, 1.165) is 23.0 Å². The fourth-order valence-electron chi connectivity index (χ4n) is 1.60. The number of rotatable bonds is 6. The Hall–Kier alpha value is -1.07. The molecule has 0 aliphatic rings. The lowest BCUT2D eigenvalue weighted by molar-refractivity contribution is -0.143. The number of esters is 1. The van der Waals surface area contributed by atoms with Crippen molar-refractivity contribution in [2.75, 3.05) is 20.8 Å². The SMILES string of the molecule is CCCNC(C(=O)OC)c1cc(OC)ccc1Br. The van der Waals surface area contributed by atoms with Crippen molar-refractivity contribution >= 4 is 21.9 Å². The van der Waals surface area contributed by atoms with Crippen LogP contribution in [0.25, 0.3) is 0 Å². The number of benzene rings is 1. The first-order valence-electron chi connectivity index (χ1n) is 5.78. The molecule has 0 aliphatic carbocycles. The second kappa shape index (κ2) is 7.38. The normalized spacial score (nSPS) is 12.0. The summed E-state index contributed by atoms with van der Waals surface area (Å²) in [6, 6.07) is 5.03. The quantitative estimate of drug-likeness (QED) is 0.820. The minimum absolute atomic E-state index is 0.308. The van der Waals surface area contributed by atoms with Crippen LogP contribution in [-0.4, -0.2) is 26.7 Å². The lowest BCUT2D eigenvalue weighted by Crippen LogP contribution is -2.30. The fraction of sp³-hybridized carbons (Fsp3) is 0.462. The summed E-state index contributed by atoms with van der Waals surface area (Å²) in [5.41, 5.74) is 0.814. The molecule has 0 saturated heterocycles. The maximum atomic E-state index is 11.8. The molecule has 0 aromatic heterocycles. The van der Waals surface area contributed by atoms with E-state index in [1.54, 1.807) is 7.11 Å². The van der Waals surface area contributed by atoms with Crippen molar-refractivity contribution in [3.63, 3.8) is 0 Å². The summed E-state index contributed by atoms with van der Waals surface area (Å²) < 4.78 is 10.9. The van der Waals surface area contributed by atoms with Crippen LogP contribution in [0.1, 0.15) is 24.9 Å². The molecule has 0 bridgehead atoms. The molecule has 1 aromatic carbocycles. The van der Waals surface area contributed by atoms with Gasteiger partial charge in [0, 0.05) is 4.47 Å². The molecule has 0 heterocycles. The lowest BCUT2D eigenvalue weighted by Gasteiger charge is -2.18. The summed E-state index contributed by atoms with van der Waals surface area (Å²) in [6.07, 6.45) is 0.940. The number of methoxy groups -OCH3 is 2. The predicted molar refractivity (Wildman–Crippen MR) is 73.7 cm³/mol. The van der Waals surface area contributed by atoms with Crippen LogP contribution in [0.2, 0.25) is 0 Å². The van der Waals surface area contributed by atoms with E-state index in [2.05, 4.69) is 21.2 Å². The molecule has 1 atom stereocenters. The monoisotopic (exact) mass is 315 g/mol. The predicted octanol–water partition coefficient (Wildman–Crippen LogP) is 2.67. The Balaban J connectivity index is 3.06. The molecule has 5 heteroatoms. The first kappa shape index (κ1) is 15.0. The van der Waals surface area contributed by atoms with Crippen LogP contribution in [-0.2, 0) is 9.53 Å². The maximum absolute atomic E-state index is 11.8. The van der Waals surface area contributed by atoms with Crippen LogP contribution in [0, 0.1) is 0 Å². The Morgan fingerprint density at radius 2 is 2.17 bits per heavy atom. The molecule has 1 unspecified atom stereocenters. The molecular formula is C13H18BrNO3. The van der Waals surface area contributed by atoms with Gasteiger partial charge in [-0.2, -0.15) is 0 Å². The zero-order chi connectivity index (χ0) is 13.5. The molecule has 1 rings (SSSR count). The molecule has 0 amide bonds. The minimum atomic E-state index is -0.487. The zero-order valence-corrected chi connectivity index (χ0v) is 12.4. The fourth-order valence-corrected chi connectivity index (χ4v) is 2.07. The van der Waals surface area contributed by atoms with Gasteiger partial charge < -0.3 is 14.8 Å². The van der Waals surface area contributed by atoms with Gasteiger partial charge in [0.1, 0.15) is 11.8 Å². The van der Waals surface area contributed by atoms with Gasteiger partial charge in [-0.3, -0.25) is 0 Å². The van der Waals surface area contributed by atoms with Gasteiger partial charge in [0.25, 0.3) is 0 Å². The largest absolute Gasteiger partial charge is 0.497 e. The van der Waals surface area contributed by atoms with Crippen LogP contribution < -0.4 is 10.1 Å². The highest BCUT2D eigenvalue weighted by molar-refractivity contribution is 9.10. The molecule has 4 nitrogen and oxygen atoms in total. The third-order valence-electron chi connectivity index (χ3n) is 2.55. The number of ether oxygens (including phenoxy) is 2. The zero-order valence-electron chi connectivity index (χ0n) is 10.8. The molecule has 1 N–H and O–H groups in total. The average molecular weight is 316 g/mol.